The maximum atomic E-state index is 12.1. The average Bonchev–Trinajstić information content (AvgIpc) is 2.62. The zero-order chi connectivity index (χ0) is 17.4. The highest BCUT2D eigenvalue weighted by Crippen LogP contribution is 2.24. The minimum Gasteiger partial charge on any atom is -0.497 e. The second kappa shape index (κ2) is 8.98. The largest absolute Gasteiger partial charge is 0.497 e. The van der Waals surface area contributed by atoms with Crippen LogP contribution in [0.1, 0.15) is 12.5 Å². The smallest absolute Gasteiger partial charge is 0.253 e. The number of ether oxygens (including phenoxy) is 2. The van der Waals surface area contributed by atoms with Gasteiger partial charge in [0.15, 0.2) is 0 Å². The lowest BCUT2D eigenvalue weighted by atomic mass is 10.2. The maximum absolute atomic E-state index is 12.1. The molecule has 2 aromatic rings. The molecule has 0 saturated carbocycles. The first-order valence-corrected chi connectivity index (χ1v) is 8.28. The van der Waals surface area contributed by atoms with Crippen molar-refractivity contribution in [1.29, 1.82) is 0 Å². The van der Waals surface area contributed by atoms with E-state index in [9.17, 15) is 4.79 Å². The van der Waals surface area contributed by atoms with Crippen LogP contribution in [-0.4, -0.2) is 31.6 Å². The summed E-state index contributed by atoms with van der Waals surface area (Å²) in [4.78, 5) is 13.1. The zero-order valence-corrected chi connectivity index (χ0v) is 14.7. The molecule has 2 rings (SSSR count). The summed E-state index contributed by atoms with van der Waals surface area (Å²) in [5, 5.41) is 3.76. The molecule has 0 aromatic heterocycles. The van der Waals surface area contributed by atoms with E-state index < -0.39 is 0 Å². The van der Waals surface area contributed by atoms with Gasteiger partial charge in [-0.3, -0.25) is 4.79 Å². The Morgan fingerprint density at radius 1 is 1.17 bits per heavy atom. The number of carbonyl (C=O) groups is 1. The Hall–Kier alpha value is -2.47. The number of thioether (sulfide) groups is 1. The van der Waals surface area contributed by atoms with Crippen molar-refractivity contribution in [3.63, 3.8) is 0 Å². The fraction of sp³-hybridized carbons (Fsp3) is 0.222. The summed E-state index contributed by atoms with van der Waals surface area (Å²) in [7, 11) is 3.16. The standard InChI is InChI=1S/C18H20N2O3S/c1-13(24-16-7-5-4-6-8-16)18(21)20-19-12-14-9-10-15(22-2)11-17(14)23-3/h4-13H,1-3H3,(H,20,21)/b19-12-/t13-/m1/s1. The van der Waals surface area contributed by atoms with E-state index in [0.717, 1.165) is 10.5 Å². The normalized spacial score (nSPS) is 12.0. The van der Waals surface area contributed by atoms with Gasteiger partial charge in [-0.2, -0.15) is 5.10 Å². The van der Waals surface area contributed by atoms with Crippen LogP contribution in [0.2, 0.25) is 0 Å². The quantitative estimate of drug-likeness (QED) is 0.475. The number of hydrogen-bond acceptors (Lipinski definition) is 5. The van der Waals surface area contributed by atoms with E-state index in [1.807, 2.05) is 43.3 Å². The predicted molar refractivity (Wildman–Crippen MR) is 97.0 cm³/mol. The third kappa shape index (κ3) is 5.03. The van der Waals surface area contributed by atoms with E-state index in [-0.39, 0.29) is 11.2 Å². The first-order valence-electron chi connectivity index (χ1n) is 7.40. The van der Waals surface area contributed by atoms with E-state index in [2.05, 4.69) is 10.5 Å². The van der Waals surface area contributed by atoms with Crippen molar-refractivity contribution in [1.82, 2.24) is 5.43 Å². The number of carbonyl (C=O) groups excluding carboxylic acids is 1. The Morgan fingerprint density at radius 2 is 1.92 bits per heavy atom. The molecule has 6 heteroatoms. The van der Waals surface area contributed by atoms with Crippen molar-refractivity contribution in [3.8, 4) is 11.5 Å². The van der Waals surface area contributed by atoms with Crippen LogP contribution in [-0.2, 0) is 4.79 Å². The SMILES string of the molecule is COc1ccc(/C=N\NC(=O)[C@@H](C)Sc2ccccc2)c(OC)c1. The lowest BCUT2D eigenvalue weighted by Gasteiger charge is -2.09. The molecule has 0 radical (unpaired) electrons. The summed E-state index contributed by atoms with van der Waals surface area (Å²) in [5.41, 5.74) is 3.31. The van der Waals surface area contributed by atoms with Crippen LogP contribution < -0.4 is 14.9 Å². The van der Waals surface area contributed by atoms with E-state index >= 15 is 0 Å². The summed E-state index contributed by atoms with van der Waals surface area (Å²) in [5.74, 6) is 1.16. The molecule has 0 bridgehead atoms. The Bertz CT molecular complexity index is 705. The number of hydrogen-bond donors (Lipinski definition) is 1. The molecule has 5 nitrogen and oxygen atoms in total. The van der Waals surface area contributed by atoms with Crippen LogP contribution in [0, 0.1) is 0 Å². The Kier molecular flexibility index (Phi) is 6.69. The van der Waals surface area contributed by atoms with Crippen molar-refractivity contribution in [2.75, 3.05) is 14.2 Å². The molecular formula is C18H20N2O3S. The Morgan fingerprint density at radius 3 is 2.58 bits per heavy atom. The van der Waals surface area contributed by atoms with Gasteiger partial charge in [-0.15, -0.1) is 11.8 Å². The minimum atomic E-state index is -0.248. The summed E-state index contributed by atoms with van der Waals surface area (Å²) < 4.78 is 10.4. The zero-order valence-electron chi connectivity index (χ0n) is 13.9. The third-order valence-corrected chi connectivity index (χ3v) is 4.36. The molecule has 0 heterocycles. The third-order valence-electron chi connectivity index (χ3n) is 3.24. The van der Waals surface area contributed by atoms with Gasteiger partial charge in [0.05, 0.1) is 25.7 Å². The highest BCUT2D eigenvalue weighted by molar-refractivity contribution is 8.00. The molecule has 0 aliphatic heterocycles. The molecule has 0 aliphatic rings. The number of benzene rings is 2. The summed E-state index contributed by atoms with van der Waals surface area (Å²) in [6.07, 6.45) is 1.55. The van der Waals surface area contributed by atoms with Crippen molar-refractivity contribution in [2.45, 2.75) is 17.1 Å². The Balaban J connectivity index is 1.94. The second-order valence-electron chi connectivity index (χ2n) is 4.92. The van der Waals surface area contributed by atoms with E-state index in [0.29, 0.717) is 11.5 Å². The number of nitrogens with one attached hydrogen (secondary N) is 1. The predicted octanol–water partition coefficient (Wildman–Crippen LogP) is 3.33. The average molecular weight is 344 g/mol. The topological polar surface area (TPSA) is 59.9 Å². The maximum Gasteiger partial charge on any atom is 0.253 e. The Labute approximate surface area is 146 Å². The van der Waals surface area contributed by atoms with E-state index in [1.165, 1.54) is 11.8 Å². The van der Waals surface area contributed by atoms with Gasteiger partial charge in [0, 0.05) is 16.5 Å². The van der Waals surface area contributed by atoms with Crippen LogP contribution in [0.5, 0.6) is 11.5 Å². The molecule has 0 fully saturated rings. The van der Waals surface area contributed by atoms with Crippen LogP contribution >= 0.6 is 11.8 Å². The fourth-order valence-electron chi connectivity index (χ4n) is 1.94. The van der Waals surface area contributed by atoms with Gasteiger partial charge in [0.2, 0.25) is 0 Å². The number of hydrazone groups is 1. The van der Waals surface area contributed by atoms with E-state index in [4.69, 9.17) is 9.47 Å². The fourth-order valence-corrected chi connectivity index (χ4v) is 2.82. The van der Waals surface area contributed by atoms with Gasteiger partial charge < -0.3 is 9.47 Å². The molecule has 0 spiro atoms. The summed E-state index contributed by atoms with van der Waals surface area (Å²) in [6.45, 7) is 1.84. The molecular weight excluding hydrogens is 324 g/mol. The van der Waals surface area contributed by atoms with Crippen LogP contribution in [0.15, 0.2) is 58.5 Å². The van der Waals surface area contributed by atoms with Crippen LogP contribution in [0.25, 0.3) is 0 Å². The summed E-state index contributed by atoms with van der Waals surface area (Å²) >= 11 is 1.48. The van der Waals surface area contributed by atoms with E-state index in [1.54, 1.807) is 32.6 Å². The number of nitrogens with zero attached hydrogens (tertiary/aromatic N) is 1. The van der Waals surface area contributed by atoms with Crippen LogP contribution in [0.4, 0.5) is 0 Å². The van der Waals surface area contributed by atoms with Gasteiger partial charge in [-0.1, -0.05) is 18.2 Å². The van der Waals surface area contributed by atoms with Crippen molar-refractivity contribution >= 4 is 23.9 Å². The molecule has 2 aromatic carbocycles. The van der Waals surface area contributed by atoms with Crippen molar-refractivity contribution in [2.24, 2.45) is 5.10 Å². The molecule has 1 atom stereocenters. The number of methoxy groups -OCH3 is 2. The summed E-state index contributed by atoms with van der Waals surface area (Å²) in [6, 6.07) is 15.2. The highest BCUT2D eigenvalue weighted by atomic mass is 32.2. The van der Waals surface area contributed by atoms with Gasteiger partial charge in [0.25, 0.3) is 5.91 Å². The van der Waals surface area contributed by atoms with Gasteiger partial charge in [-0.25, -0.2) is 5.43 Å². The van der Waals surface area contributed by atoms with Crippen molar-refractivity contribution in [3.05, 3.63) is 54.1 Å². The number of rotatable bonds is 7. The molecule has 1 N–H and O–H groups in total. The van der Waals surface area contributed by atoms with Gasteiger partial charge >= 0.3 is 0 Å². The lowest BCUT2D eigenvalue weighted by molar-refractivity contribution is -0.120. The monoisotopic (exact) mass is 344 g/mol. The number of amides is 1. The second-order valence-corrected chi connectivity index (χ2v) is 6.33. The molecule has 1 amide bonds. The first kappa shape index (κ1) is 17.9. The molecule has 24 heavy (non-hydrogen) atoms. The van der Waals surface area contributed by atoms with Crippen molar-refractivity contribution < 1.29 is 14.3 Å². The first-order chi connectivity index (χ1) is 11.6. The highest BCUT2D eigenvalue weighted by Gasteiger charge is 2.13. The minimum absolute atomic E-state index is 0.160. The molecule has 0 saturated heterocycles. The molecule has 0 unspecified atom stereocenters. The molecule has 126 valence electrons. The lowest BCUT2D eigenvalue weighted by Crippen LogP contribution is -2.26. The van der Waals surface area contributed by atoms with Gasteiger partial charge in [-0.05, 0) is 31.2 Å². The van der Waals surface area contributed by atoms with Gasteiger partial charge in [0.1, 0.15) is 11.5 Å². The molecule has 0 aliphatic carbocycles. The van der Waals surface area contributed by atoms with Crippen LogP contribution in [0.3, 0.4) is 0 Å².